The third kappa shape index (κ3) is 4.86. The Morgan fingerprint density at radius 2 is 2.09 bits per heavy atom. The number of ether oxygens (including phenoxy) is 1. The van der Waals surface area contributed by atoms with Crippen molar-refractivity contribution in [3.05, 3.63) is 59.9 Å². The predicted octanol–water partition coefficient (Wildman–Crippen LogP) is 1.87. The molecule has 1 aromatic heterocycles. The molecule has 5 nitrogen and oxygen atoms in total. The highest BCUT2D eigenvalue weighted by molar-refractivity contribution is 5.76. The standard InChI is InChI=1S/C17H20N2O3/c1-22-15-7-5-14(6-8-15)16(20)12-19-17(21)9-4-13-3-2-10-18-11-13/h2-3,5-8,10-11,16,20H,4,9,12H2,1H3,(H,19,21). The van der Waals surface area contributed by atoms with Gasteiger partial charge >= 0.3 is 0 Å². The summed E-state index contributed by atoms with van der Waals surface area (Å²) in [5, 5.41) is 12.8. The summed E-state index contributed by atoms with van der Waals surface area (Å²) in [5.41, 5.74) is 1.77. The van der Waals surface area contributed by atoms with Crippen molar-refractivity contribution < 1.29 is 14.6 Å². The zero-order chi connectivity index (χ0) is 15.8. The smallest absolute Gasteiger partial charge is 0.220 e. The first-order valence-electron chi connectivity index (χ1n) is 7.16. The first-order chi connectivity index (χ1) is 10.7. The van der Waals surface area contributed by atoms with E-state index in [4.69, 9.17) is 4.74 Å². The van der Waals surface area contributed by atoms with Gasteiger partial charge in [0, 0.05) is 25.4 Å². The number of aromatic nitrogens is 1. The molecule has 2 rings (SSSR count). The van der Waals surface area contributed by atoms with Crippen LogP contribution in [0.1, 0.15) is 23.7 Å². The lowest BCUT2D eigenvalue weighted by Gasteiger charge is -2.13. The Bertz CT molecular complexity index is 585. The fourth-order valence-corrected chi connectivity index (χ4v) is 2.05. The molecular formula is C17H20N2O3. The molecule has 0 aliphatic heterocycles. The van der Waals surface area contributed by atoms with Crippen molar-refractivity contribution in [3.63, 3.8) is 0 Å². The van der Waals surface area contributed by atoms with E-state index < -0.39 is 6.10 Å². The van der Waals surface area contributed by atoms with Crippen molar-refractivity contribution in [2.45, 2.75) is 18.9 Å². The van der Waals surface area contributed by atoms with E-state index in [1.54, 1.807) is 43.8 Å². The van der Waals surface area contributed by atoms with E-state index in [9.17, 15) is 9.90 Å². The Hall–Kier alpha value is -2.40. The van der Waals surface area contributed by atoms with Gasteiger partial charge < -0.3 is 15.2 Å². The van der Waals surface area contributed by atoms with Gasteiger partial charge in [-0.2, -0.15) is 0 Å². The molecule has 2 N–H and O–H groups in total. The van der Waals surface area contributed by atoms with Crippen LogP contribution in [0.2, 0.25) is 0 Å². The van der Waals surface area contributed by atoms with Crippen LogP contribution in [0.4, 0.5) is 0 Å². The van der Waals surface area contributed by atoms with Gasteiger partial charge in [0.25, 0.3) is 0 Å². The van der Waals surface area contributed by atoms with Gasteiger partial charge in [-0.25, -0.2) is 0 Å². The Morgan fingerprint density at radius 3 is 2.73 bits per heavy atom. The Labute approximate surface area is 130 Å². The number of aryl methyl sites for hydroxylation is 1. The molecule has 116 valence electrons. The zero-order valence-electron chi connectivity index (χ0n) is 12.5. The van der Waals surface area contributed by atoms with Crippen LogP contribution in [0.25, 0.3) is 0 Å². The van der Waals surface area contributed by atoms with Crippen LogP contribution in [0, 0.1) is 0 Å². The molecule has 5 heteroatoms. The molecule has 1 heterocycles. The quantitative estimate of drug-likeness (QED) is 0.819. The number of aliphatic hydroxyl groups excluding tert-OH is 1. The summed E-state index contributed by atoms with van der Waals surface area (Å²) in [5.74, 6) is 0.646. The fraction of sp³-hybridized carbons (Fsp3) is 0.294. The molecule has 1 atom stereocenters. The van der Waals surface area contributed by atoms with Crippen LogP contribution >= 0.6 is 0 Å². The van der Waals surface area contributed by atoms with Crippen LogP contribution in [0.3, 0.4) is 0 Å². The second-order valence-corrected chi connectivity index (χ2v) is 4.95. The maximum atomic E-state index is 11.8. The first-order valence-corrected chi connectivity index (χ1v) is 7.16. The summed E-state index contributed by atoms with van der Waals surface area (Å²) in [4.78, 5) is 15.8. The van der Waals surface area contributed by atoms with E-state index >= 15 is 0 Å². The lowest BCUT2D eigenvalue weighted by Crippen LogP contribution is -2.28. The lowest BCUT2D eigenvalue weighted by molar-refractivity contribution is -0.121. The zero-order valence-corrected chi connectivity index (χ0v) is 12.5. The number of hydrogen-bond acceptors (Lipinski definition) is 4. The van der Waals surface area contributed by atoms with E-state index in [0.29, 0.717) is 12.8 Å². The number of methoxy groups -OCH3 is 1. The monoisotopic (exact) mass is 300 g/mol. The maximum absolute atomic E-state index is 11.8. The molecule has 0 bridgehead atoms. The van der Waals surface area contributed by atoms with Crippen molar-refractivity contribution in [2.75, 3.05) is 13.7 Å². The van der Waals surface area contributed by atoms with Crippen LogP contribution in [0.5, 0.6) is 5.75 Å². The van der Waals surface area contributed by atoms with Crippen molar-refractivity contribution in [2.24, 2.45) is 0 Å². The van der Waals surface area contributed by atoms with Gasteiger partial charge in [-0.3, -0.25) is 9.78 Å². The molecule has 0 radical (unpaired) electrons. The van der Waals surface area contributed by atoms with Gasteiger partial charge in [0.15, 0.2) is 0 Å². The van der Waals surface area contributed by atoms with Gasteiger partial charge in [0.2, 0.25) is 5.91 Å². The molecule has 1 amide bonds. The number of hydrogen-bond donors (Lipinski definition) is 2. The number of amides is 1. The highest BCUT2D eigenvalue weighted by atomic mass is 16.5. The number of aliphatic hydroxyl groups is 1. The van der Waals surface area contributed by atoms with Crippen LogP contribution < -0.4 is 10.1 Å². The molecule has 0 saturated heterocycles. The summed E-state index contributed by atoms with van der Waals surface area (Å²) < 4.78 is 5.06. The van der Waals surface area contributed by atoms with E-state index in [0.717, 1.165) is 16.9 Å². The Kier molecular flexibility index (Phi) is 5.91. The molecule has 2 aromatic rings. The average molecular weight is 300 g/mol. The van der Waals surface area contributed by atoms with Gasteiger partial charge in [-0.05, 0) is 35.7 Å². The SMILES string of the molecule is COc1ccc(C(O)CNC(=O)CCc2cccnc2)cc1. The molecule has 0 spiro atoms. The topological polar surface area (TPSA) is 71.5 Å². The van der Waals surface area contributed by atoms with Crippen LogP contribution in [-0.2, 0) is 11.2 Å². The minimum atomic E-state index is -0.728. The summed E-state index contributed by atoms with van der Waals surface area (Å²) in [6.45, 7) is 0.193. The largest absolute Gasteiger partial charge is 0.497 e. The number of carbonyl (C=O) groups excluding carboxylic acids is 1. The van der Waals surface area contributed by atoms with Gasteiger partial charge in [0.05, 0.1) is 13.2 Å². The van der Waals surface area contributed by atoms with Gasteiger partial charge in [-0.15, -0.1) is 0 Å². The summed E-state index contributed by atoms with van der Waals surface area (Å²) >= 11 is 0. The predicted molar refractivity (Wildman–Crippen MR) is 83.5 cm³/mol. The van der Waals surface area contributed by atoms with Gasteiger partial charge in [0.1, 0.15) is 5.75 Å². The summed E-state index contributed by atoms with van der Waals surface area (Å²) in [7, 11) is 1.59. The van der Waals surface area contributed by atoms with E-state index in [-0.39, 0.29) is 12.5 Å². The molecule has 22 heavy (non-hydrogen) atoms. The highest BCUT2D eigenvalue weighted by Gasteiger charge is 2.09. The van der Waals surface area contributed by atoms with Crippen molar-refractivity contribution in [3.8, 4) is 5.75 Å². The number of benzene rings is 1. The second-order valence-electron chi connectivity index (χ2n) is 4.95. The first kappa shape index (κ1) is 16.0. The van der Waals surface area contributed by atoms with E-state index in [1.807, 2.05) is 12.1 Å². The molecular weight excluding hydrogens is 280 g/mol. The average Bonchev–Trinajstić information content (AvgIpc) is 2.58. The Morgan fingerprint density at radius 1 is 1.32 bits per heavy atom. The number of nitrogens with zero attached hydrogens (tertiary/aromatic N) is 1. The number of carbonyl (C=O) groups is 1. The van der Waals surface area contributed by atoms with E-state index in [2.05, 4.69) is 10.3 Å². The third-order valence-electron chi connectivity index (χ3n) is 3.36. The number of rotatable bonds is 7. The molecule has 0 aliphatic rings. The number of pyridine rings is 1. The normalized spacial score (nSPS) is 11.7. The minimum Gasteiger partial charge on any atom is -0.497 e. The maximum Gasteiger partial charge on any atom is 0.220 e. The second kappa shape index (κ2) is 8.14. The van der Waals surface area contributed by atoms with Crippen molar-refractivity contribution >= 4 is 5.91 Å². The molecule has 0 saturated carbocycles. The number of nitrogens with one attached hydrogen (secondary N) is 1. The lowest BCUT2D eigenvalue weighted by atomic mass is 10.1. The molecule has 1 aromatic carbocycles. The van der Waals surface area contributed by atoms with Crippen molar-refractivity contribution in [1.29, 1.82) is 0 Å². The molecule has 0 aliphatic carbocycles. The minimum absolute atomic E-state index is 0.0867. The third-order valence-corrected chi connectivity index (χ3v) is 3.36. The van der Waals surface area contributed by atoms with Crippen LogP contribution in [0.15, 0.2) is 48.8 Å². The summed E-state index contributed by atoms with van der Waals surface area (Å²) in [6.07, 6.45) is 3.74. The Balaban J connectivity index is 1.75. The molecule has 1 unspecified atom stereocenters. The summed E-state index contributed by atoms with van der Waals surface area (Å²) in [6, 6.07) is 10.9. The highest BCUT2D eigenvalue weighted by Crippen LogP contribution is 2.16. The van der Waals surface area contributed by atoms with Crippen molar-refractivity contribution in [1.82, 2.24) is 10.3 Å². The van der Waals surface area contributed by atoms with Gasteiger partial charge in [-0.1, -0.05) is 18.2 Å². The van der Waals surface area contributed by atoms with E-state index in [1.165, 1.54) is 0 Å². The van der Waals surface area contributed by atoms with Crippen LogP contribution in [-0.4, -0.2) is 29.7 Å². The molecule has 0 fully saturated rings. The fourth-order valence-electron chi connectivity index (χ4n) is 2.05.